The van der Waals surface area contributed by atoms with E-state index in [1.165, 1.54) is 0 Å². The van der Waals surface area contributed by atoms with Crippen LogP contribution in [0.25, 0.3) is 0 Å². The molecule has 1 N–H and O–H groups in total. The molecule has 21 heavy (non-hydrogen) atoms. The molecule has 1 aromatic carbocycles. The summed E-state index contributed by atoms with van der Waals surface area (Å²) in [5.41, 5.74) is 0.266. The molecule has 0 saturated heterocycles. The third kappa shape index (κ3) is 2.66. The van der Waals surface area contributed by atoms with Crippen molar-refractivity contribution >= 4 is 5.97 Å². The van der Waals surface area contributed by atoms with Crippen molar-refractivity contribution in [2.75, 3.05) is 7.11 Å². The Balaban J connectivity index is 2.36. The largest absolute Gasteiger partial charge is 0.496 e. The average molecular weight is 290 g/mol. The molecular formula is C18H26O3. The number of aliphatic carboxylic acids is 1. The fourth-order valence-electron chi connectivity index (χ4n) is 4.26. The maximum Gasteiger partial charge on any atom is 0.314 e. The van der Waals surface area contributed by atoms with Gasteiger partial charge in [0.2, 0.25) is 0 Å². The van der Waals surface area contributed by atoms with Gasteiger partial charge >= 0.3 is 5.97 Å². The molecule has 1 aromatic rings. The second-order valence-corrected chi connectivity index (χ2v) is 6.44. The zero-order chi connectivity index (χ0) is 15.5. The number of rotatable bonds is 7. The van der Waals surface area contributed by atoms with Crippen LogP contribution in [0.2, 0.25) is 0 Å². The van der Waals surface area contributed by atoms with Crippen molar-refractivity contribution in [3.8, 4) is 5.75 Å². The molecule has 1 fully saturated rings. The number of benzene rings is 1. The van der Waals surface area contributed by atoms with Crippen LogP contribution in [0.3, 0.4) is 0 Å². The lowest BCUT2D eigenvalue weighted by molar-refractivity contribution is -0.156. The van der Waals surface area contributed by atoms with Crippen molar-refractivity contribution < 1.29 is 14.6 Å². The Morgan fingerprint density at radius 3 is 2.24 bits per heavy atom. The van der Waals surface area contributed by atoms with Gasteiger partial charge in [-0.3, -0.25) is 4.79 Å². The number of hydrogen-bond donors (Lipinski definition) is 1. The van der Waals surface area contributed by atoms with Gasteiger partial charge in [-0.05, 0) is 37.2 Å². The van der Waals surface area contributed by atoms with Crippen LogP contribution in [0, 0.1) is 5.41 Å². The maximum atomic E-state index is 12.0. The zero-order valence-electron chi connectivity index (χ0n) is 13.3. The standard InChI is InChI=1S/C18H26O3/c1-4-10-17(11-5-2)12-18(13-17,16(19)20)14-8-6-7-9-15(14)21-3/h6-9H,4-5,10-13H2,1-3H3,(H,19,20). The summed E-state index contributed by atoms with van der Waals surface area (Å²) < 4.78 is 5.40. The van der Waals surface area contributed by atoms with Crippen molar-refractivity contribution in [1.82, 2.24) is 0 Å². The Labute approximate surface area is 127 Å². The van der Waals surface area contributed by atoms with Crippen molar-refractivity contribution in [2.24, 2.45) is 5.41 Å². The molecule has 0 spiro atoms. The highest BCUT2D eigenvalue weighted by molar-refractivity contribution is 5.84. The normalized spacial score (nSPS) is 18.8. The van der Waals surface area contributed by atoms with Gasteiger partial charge < -0.3 is 9.84 Å². The number of hydrogen-bond acceptors (Lipinski definition) is 2. The molecule has 3 nitrogen and oxygen atoms in total. The summed E-state index contributed by atoms with van der Waals surface area (Å²) in [6, 6.07) is 7.57. The van der Waals surface area contributed by atoms with E-state index >= 15 is 0 Å². The molecule has 0 heterocycles. The average Bonchev–Trinajstić information content (AvgIpc) is 2.44. The van der Waals surface area contributed by atoms with Gasteiger partial charge in [0.1, 0.15) is 5.75 Å². The molecule has 0 unspecified atom stereocenters. The summed E-state index contributed by atoms with van der Waals surface area (Å²) >= 11 is 0. The molecule has 0 aromatic heterocycles. The second-order valence-electron chi connectivity index (χ2n) is 6.44. The van der Waals surface area contributed by atoms with Gasteiger partial charge in [0.05, 0.1) is 12.5 Å². The quantitative estimate of drug-likeness (QED) is 0.809. The van der Waals surface area contributed by atoms with Crippen LogP contribution in [0.4, 0.5) is 0 Å². The molecule has 0 amide bonds. The van der Waals surface area contributed by atoms with Crippen LogP contribution in [-0.4, -0.2) is 18.2 Å². The van der Waals surface area contributed by atoms with Gasteiger partial charge in [-0.1, -0.05) is 44.9 Å². The Bertz CT molecular complexity index is 493. The first kappa shape index (κ1) is 15.9. The fourth-order valence-corrected chi connectivity index (χ4v) is 4.26. The van der Waals surface area contributed by atoms with Gasteiger partial charge in [0, 0.05) is 5.56 Å². The lowest BCUT2D eigenvalue weighted by Gasteiger charge is -2.55. The highest BCUT2D eigenvalue weighted by Crippen LogP contribution is 2.61. The maximum absolute atomic E-state index is 12.0. The van der Waals surface area contributed by atoms with Gasteiger partial charge in [0.15, 0.2) is 0 Å². The Morgan fingerprint density at radius 1 is 1.19 bits per heavy atom. The first-order valence-electron chi connectivity index (χ1n) is 7.90. The van der Waals surface area contributed by atoms with Crippen LogP contribution in [-0.2, 0) is 10.2 Å². The highest BCUT2D eigenvalue weighted by Gasteiger charge is 2.59. The van der Waals surface area contributed by atoms with Crippen LogP contribution in [0.5, 0.6) is 5.75 Å². The van der Waals surface area contributed by atoms with E-state index < -0.39 is 11.4 Å². The molecule has 1 aliphatic rings. The first-order valence-corrected chi connectivity index (χ1v) is 7.90. The van der Waals surface area contributed by atoms with E-state index in [9.17, 15) is 9.90 Å². The van der Waals surface area contributed by atoms with Crippen LogP contribution in [0.1, 0.15) is 57.9 Å². The zero-order valence-corrected chi connectivity index (χ0v) is 13.3. The topological polar surface area (TPSA) is 46.5 Å². The Hall–Kier alpha value is -1.51. The summed E-state index contributed by atoms with van der Waals surface area (Å²) in [6.45, 7) is 4.36. The Kier molecular flexibility index (Phi) is 4.60. The number of ether oxygens (including phenoxy) is 1. The third-order valence-electron chi connectivity index (χ3n) is 4.95. The molecule has 3 heteroatoms. The van der Waals surface area contributed by atoms with Crippen molar-refractivity contribution in [3.63, 3.8) is 0 Å². The summed E-state index contributed by atoms with van der Waals surface area (Å²) in [5.74, 6) is -0.0173. The smallest absolute Gasteiger partial charge is 0.314 e. The molecule has 1 saturated carbocycles. The minimum Gasteiger partial charge on any atom is -0.496 e. The van der Waals surface area contributed by atoms with Gasteiger partial charge in [-0.15, -0.1) is 0 Å². The third-order valence-corrected chi connectivity index (χ3v) is 4.95. The van der Waals surface area contributed by atoms with Crippen LogP contribution < -0.4 is 4.74 Å². The van der Waals surface area contributed by atoms with Gasteiger partial charge in [-0.2, -0.15) is 0 Å². The van der Waals surface area contributed by atoms with Gasteiger partial charge in [-0.25, -0.2) is 0 Å². The summed E-state index contributed by atoms with van der Waals surface area (Å²) in [5, 5.41) is 9.87. The minimum atomic E-state index is -0.767. The van der Waals surface area contributed by atoms with E-state index in [4.69, 9.17) is 4.74 Å². The summed E-state index contributed by atoms with van der Waals surface area (Å²) in [6.07, 6.45) is 5.92. The number of carbonyl (C=O) groups is 1. The fraction of sp³-hybridized carbons (Fsp3) is 0.611. The molecule has 0 bridgehead atoms. The Morgan fingerprint density at radius 2 is 1.76 bits per heavy atom. The second kappa shape index (κ2) is 6.08. The summed E-state index contributed by atoms with van der Waals surface area (Å²) in [4.78, 5) is 12.0. The predicted molar refractivity (Wildman–Crippen MR) is 83.8 cm³/mol. The minimum absolute atomic E-state index is 0.197. The molecule has 0 radical (unpaired) electrons. The van der Waals surface area contributed by atoms with E-state index in [1.54, 1.807) is 7.11 Å². The van der Waals surface area contributed by atoms with E-state index in [0.29, 0.717) is 5.75 Å². The van der Waals surface area contributed by atoms with Crippen molar-refractivity contribution in [1.29, 1.82) is 0 Å². The van der Waals surface area contributed by atoms with Crippen molar-refractivity contribution in [3.05, 3.63) is 29.8 Å². The molecule has 0 aliphatic heterocycles. The number of methoxy groups -OCH3 is 1. The summed E-state index contributed by atoms with van der Waals surface area (Å²) in [7, 11) is 1.61. The predicted octanol–water partition coefficient (Wildman–Crippen LogP) is 4.40. The van der Waals surface area contributed by atoms with E-state index in [0.717, 1.165) is 44.1 Å². The number of carboxylic acid groups (broad SMARTS) is 1. The lowest BCUT2D eigenvalue weighted by atomic mass is 9.48. The van der Waals surface area contributed by atoms with Crippen LogP contribution >= 0.6 is 0 Å². The number of carboxylic acids is 1. The monoisotopic (exact) mass is 290 g/mol. The van der Waals surface area contributed by atoms with E-state index in [-0.39, 0.29) is 5.41 Å². The van der Waals surface area contributed by atoms with Crippen molar-refractivity contribution in [2.45, 2.75) is 57.8 Å². The lowest BCUT2D eigenvalue weighted by Crippen LogP contribution is -2.54. The molecule has 1 aliphatic carbocycles. The molecular weight excluding hydrogens is 264 g/mol. The molecule has 2 rings (SSSR count). The van der Waals surface area contributed by atoms with Crippen LogP contribution in [0.15, 0.2) is 24.3 Å². The first-order chi connectivity index (χ1) is 10.0. The highest BCUT2D eigenvalue weighted by atomic mass is 16.5. The molecule has 116 valence electrons. The SMILES string of the molecule is CCCC1(CCC)CC(C(=O)O)(c2ccccc2OC)C1. The van der Waals surface area contributed by atoms with E-state index in [2.05, 4.69) is 13.8 Å². The van der Waals surface area contributed by atoms with E-state index in [1.807, 2.05) is 24.3 Å². The molecule has 0 atom stereocenters. The van der Waals surface area contributed by atoms with Gasteiger partial charge in [0.25, 0.3) is 0 Å². The number of para-hydroxylation sites is 1.